The molecular weight excluding hydrogens is 292 g/mol. The Morgan fingerprint density at radius 1 is 1.26 bits per heavy atom. The van der Waals surface area contributed by atoms with Crippen molar-refractivity contribution >= 4 is 11.6 Å². The molecule has 1 aliphatic rings. The van der Waals surface area contributed by atoms with Crippen LogP contribution in [-0.2, 0) is 6.42 Å². The van der Waals surface area contributed by atoms with Crippen LogP contribution >= 0.6 is 0 Å². The number of ether oxygens (including phenoxy) is 1. The van der Waals surface area contributed by atoms with E-state index < -0.39 is 5.91 Å². The van der Waals surface area contributed by atoms with Gasteiger partial charge in [0.25, 0.3) is 0 Å². The van der Waals surface area contributed by atoms with Gasteiger partial charge in [0.15, 0.2) is 0 Å². The van der Waals surface area contributed by atoms with Crippen molar-refractivity contribution in [3.8, 4) is 11.5 Å². The van der Waals surface area contributed by atoms with Gasteiger partial charge in [-0.25, -0.2) is 0 Å². The average Bonchev–Trinajstić information content (AvgIpc) is 2.52. The van der Waals surface area contributed by atoms with Crippen LogP contribution in [0.5, 0.6) is 11.5 Å². The van der Waals surface area contributed by atoms with Gasteiger partial charge in [0.05, 0.1) is 6.10 Å². The molecule has 0 aliphatic carbocycles. The molecule has 2 aromatic rings. The number of nitrogens with zero attached hydrogens (tertiary/aromatic N) is 1. The molecule has 0 radical (unpaired) electrons. The number of aliphatic hydroxyl groups is 1. The fourth-order valence-electron chi connectivity index (χ4n) is 2.61. The molecule has 3 rings (SSSR count). The van der Waals surface area contributed by atoms with E-state index in [0.717, 1.165) is 17.7 Å². The van der Waals surface area contributed by atoms with Crippen molar-refractivity contribution in [1.29, 1.82) is 0 Å². The van der Waals surface area contributed by atoms with Gasteiger partial charge in [-0.1, -0.05) is 13.0 Å². The highest BCUT2D eigenvalue weighted by molar-refractivity contribution is 5.93. The third-order valence-corrected chi connectivity index (χ3v) is 4.02. The maximum Gasteiger partial charge on any atom is 0.248 e. The predicted molar refractivity (Wildman–Crippen MR) is 89.1 cm³/mol. The zero-order valence-corrected chi connectivity index (χ0v) is 13.0. The van der Waals surface area contributed by atoms with E-state index in [1.54, 1.807) is 12.1 Å². The molecular formula is C18H20N2O3. The van der Waals surface area contributed by atoms with Gasteiger partial charge in [-0.3, -0.25) is 4.79 Å². The molecule has 3 N–H and O–H groups in total. The lowest BCUT2D eigenvalue weighted by atomic mass is 10.1. The molecule has 2 aromatic carbocycles. The van der Waals surface area contributed by atoms with Gasteiger partial charge in [0, 0.05) is 24.3 Å². The van der Waals surface area contributed by atoms with E-state index in [4.69, 9.17) is 10.5 Å². The first-order chi connectivity index (χ1) is 11.1. The molecule has 1 amide bonds. The Kier molecular flexibility index (Phi) is 4.21. The van der Waals surface area contributed by atoms with E-state index in [0.29, 0.717) is 30.2 Å². The summed E-state index contributed by atoms with van der Waals surface area (Å²) in [5, 5.41) is 9.35. The van der Waals surface area contributed by atoms with E-state index in [-0.39, 0.29) is 6.10 Å². The summed E-state index contributed by atoms with van der Waals surface area (Å²) in [6.07, 6.45) is 0.576. The summed E-state index contributed by atoms with van der Waals surface area (Å²) < 4.78 is 5.92. The van der Waals surface area contributed by atoms with Crippen molar-refractivity contribution in [2.45, 2.75) is 19.4 Å². The maximum absolute atomic E-state index is 11.3. The Labute approximate surface area is 135 Å². The van der Waals surface area contributed by atoms with Gasteiger partial charge in [0.2, 0.25) is 5.91 Å². The number of benzene rings is 2. The number of nitrogens with two attached hydrogens (primary N) is 1. The molecule has 0 aromatic heterocycles. The largest absolute Gasteiger partial charge is 0.457 e. The van der Waals surface area contributed by atoms with Crippen LogP contribution in [0, 0.1) is 0 Å². The smallest absolute Gasteiger partial charge is 0.248 e. The number of aryl methyl sites for hydroxylation is 1. The summed E-state index contributed by atoms with van der Waals surface area (Å²) >= 11 is 0. The minimum atomic E-state index is -0.468. The second-order valence-electron chi connectivity index (χ2n) is 5.70. The third kappa shape index (κ3) is 3.29. The first-order valence-corrected chi connectivity index (χ1v) is 7.70. The summed E-state index contributed by atoms with van der Waals surface area (Å²) in [5.74, 6) is 0.881. The Balaban J connectivity index is 1.78. The number of rotatable bonds is 5. The minimum absolute atomic E-state index is 0.227. The van der Waals surface area contributed by atoms with Crippen molar-refractivity contribution < 1.29 is 14.6 Å². The highest BCUT2D eigenvalue weighted by Gasteiger charge is 2.24. The Morgan fingerprint density at radius 3 is 2.52 bits per heavy atom. The first-order valence-electron chi connectivity index (χ1n) is 7.70. The Bertz CT molecular complexity index is 707. The van der Waals surface area contributed by atoms with Gasteiger partial charge >= 0.3 is 0 Å². The number of amides is 1. The monoisotopic (exact) mass is 312 g/mol. The van der Waals surface area contributed by atoms with Crippen LogP contribution in [-0.4, -0.2) is 30.2 Å². The van der Waals surface area contributed by atoms with Gasteiger partial charge in [-0.15, -0.1) is 0 Å². The summed E-state index contributed by atoms with van der Waals surface area (Å²) in [4.78, 5) is 13.4. The average molecular weight is 312 g/mol. The molecule has 1 fully saturated rings. The second-order valence-corrected chi connectivity index (χ2v) is 5.70. The van der Waals surface area contributed by atoms with E-state index in [1.165, 1.54) is 0 Å². The summed E-state index contributed by atoms with van der Waals surface area (Å²) in [6, 6.07) is 13.0. The number of carbonyl (C=O) groups excluding carboxylic acids is 1. The van der Waals surface area contributed by atoms with E-state index in [9.17, 15) is 9.90 Å². The first kappa shape index (κ1) is 15.4. The van der Waals surface area contributed by atoms with Crippen LogP contribution in [0.15, 0.2) is 42.5 Å². The molecule has 120 valence electrons. The number of hydrogen-bond donors (Lipinski definition) is 2. The predicted octanol–water partition coefficient (Wildman–Crippen LogP) is 2.32. The molecule has 23 heavy (non-hydrogen) atoms. The van der Waals surface area contributed by atoms with E-state index in [2.05, 4.69) is 4.90 Å². The Morgan fingerprint density at radius 2 is 1.96 bits per heavy atom. The molecule has 0 spiro atoms. The topological polar surface area (TPSA) is 75.8 Å². The lowest BCUT2D eigenvalue weighted by molar-refractivity contribution is 0.1000. The fraction of sp³-hybridized carbons (Fsp3) is 0.278. The SMILES string of the molecule is CCc1ccc(C(N)=O)cc1Oc1ccc(N2CC(O)C2)cc1. The molecule has 5 heteroatoms. The number of carbonyl (C=O) groups is 1. The quantitative estimate of drug-likeness (QED) is 0.888. The van der Waals surface area contributed by atoms with Gasteiger partial charge in [0.1, 0.15) is 11.5 Å². The van der Waals surface area contributed by atoms with Crippen molar-refractivity contribution in [3.05, 3.63) is 53.6 Å². The number of hydrogen-bond acceptors (Lipinski definition) is 4. The molecule has 1 heterocycles. The minimum Gasteiger partial charge on any atom is -0.457 e. The normalized spacial score (nSPS) is 14.4. The fourth-order valence-corrected chi connectivity index (χ4v) is 2.61. The zero-order chi connectivity index (χ0) is 16.4. The van der Waals surface area contributed by atoms with Crippen LogP contribution in [0.4, 0.5) is 5.69 Å². The second kappa shape index (κ2) is 6.30. The summed E-state index contributed by atoms with van der Waals surface area (Å²) in [6.45, 7) is 3.37. The van der Waals surface area contributed by atoms with Crippen LogP contribution in [0.3, 0.4) is 0 Å². The van der Waals surface area contributed by atoms with Gasteiger partial charge in [-0.2, -0.15) is 0 Å². The highest BCUT2D eigenvalue weighted by Crippen LogP contribution is 2.29. The summed E-state index contributed by atoms with van der Waals surface area (Å²) in [7, 11) is 0. The van der Waals surface area contributed by atoms with Crippen LogP contribution in [0.2, 0.25) is 0 Å². The lowest BCUT2D eigenvalue weighted by Gasteiger charge is -2.37. The molecule has 0 saturated carbocycles. The van der Waals surface area contributed by atoms with Gasteiger partial charge in [-0.05, 0) is 48.4 Å². The summed E-state index contributed by atoms with van der Waals surface area (Å²) in [5.41, 5.74) is 7.84. The van der Waals surface area contributed by atoms with Crippen LogP contribution in [0.25, 0.3) is 0 Å². The molecule has 1 saturated heterocycles. The van der Waals surface area contributed by atoms with E-state index in [1.807, 2.05) is 37.3 Å². The zero-order valence-electron chi connectivity index (χ0n) is 13.0. The van der Waals surface area contributed by atoms with Crippen LogP contribution in [0.1, 0.15) is 22.8 Å². The molecule has 1 aliphatic heterocycles. The Hall–Kier alpha value is -2.53. The molecule has 0 unspecified atom stereocenters. The van der Waals surface area contributed by atoms with Crippen molar-refractivity contribution in [2.75, 3.05) is 18.0 Å². The third-order valence-electron chi connectivity index (χ3n) is 4.02. The molecule has 0 atom stereocenters. The number of β-amino-alcohol motifs (C(OH)–C–C–N with tert-alkyl or cyclic N) is 1. The molecule has 5 nitrogen and oxygen atoms in total. The van der Waals surface area contributed by atoms with Gasteiger partial charge < -0.3 is 20.5 Å². The highest BCUT2D eigenvalue weighted by atomic mass is 16.5. The standard InChI is InChI=1S/C18H20N2O3/c1-2-12-3-4-13(18(19)22)9-17(12)23-16-7-5-14(6-8-16)20-10-15(21)11-20/h3-9,15,21H,2,10-11H2,1H3,(H2,19,22). The van der Waals surface area contributed by atoms with Crippen molar-refractivity contribution in [3.63, 3.8) is 0 Å². The van der Waals surface area contributed by atoms with Crippen LogP contribution < -0.4 is 15.4 Å². The molecule has 0 bridgehead atoms. The number of anilines is 1. The van der Waals surface area contributed by atoms with E-state index >= 15 is 0 Å². The number of primary amides is 1. The number of aliphatic hydroxyl groups excluding tert-OH is 1. The van der Waals surface area contributed by atoms with Crippen molar-refractivity contribution in [2.24, 2.45) is 5.73 Å². The van der Waals surface area contributed by atoms with Crippen molar-refractivity contribution in [1.82, 2.24) is 0 Å². The lowest BCUT2D eigenvalue weighted by Crippen LogP contribution is -2.50. The maximum atomic E-state index is 11.3.